The number of carbonyl (C=O) groups excluding carboxylic acids is 1. The highest BCUT2D eigenvalue weighted by Crippen LogP contribution is 2.39. The Bertz CT molecular complexity index is 1000. The molecular weight excluding hydrogens is 334 g/mol. The van der Waals surface area contributed by atoms with Gasteiger partial charge in [0.2, 0.25) is 0 Å². The van der Waals surface area contributed by atoms with Crippen LogP contribution >= 0.6 is 0 Å². The molecule has 1 aliphatic heterocycles. The molecular formula is C21H16F2N2O. The summed E-state index contributed by atoms with van der Waals surface area (Å²) in [6.07, 6.45) is -0.629. The molecule has 1 aliphatic rings. The van der Waals surface area contributed by atoms with Crippen LogP contribution in [0.3, 0.4) is 0 Å². The molecule has 1 heterocycles. The second-order valence-electron chi connectivity index (χ2n) is 6.22. The van der Waals surface area contributed by atoms with Crippen LogP contribution in [0.1, 0.15) is 27.7 Å². The van der Waals surface area contributed by atoms with Crippen LogP contribution in [0.2, 0.25) is 0 Å². The minimum absolute atomic E-state index is 0.0121. The highest BCUT2D eigenvalue weighted by atomic mass is 19.1. The first kappa shape index (κ1) is 16.3. The van der Waals surface area contributed by atoms with Gasteiger partial charge in [0.25, 0.3) is 5.91 Å². The Kier molecular flexibility index (Phi) is 3.92. The average Bonchev–Trinajstić information content (AvgIpc) is 2.91. The second kappa shape index (κ2) is 6.26. The average molecular weight is 350 g/mol. The monoisotopic (exact) mass is 350 g/mol. The highest BCUT2D eigenvalue weighted by molar-refractivity contribution is 6.11. The van der Waals surface area contributed by atoms with Gasteiger partial charge in [-0.3, -0.25) is 9.69 Å². The molecule has 3 nitrogen and oxygen atoms in total. The third-order valence-electron chi connectivity index (χ3n) is 4.56. The van der Waals surface area contributed by atoms with Crippen LogP contribution in [0.25, 0.3) is 0 Å². The summed E-state index contributed by atoms with van der Waals surface area (Å²) in [7, 11) is 0. The van der Waals surface area contributed by atoms with E-state index < -0.39 is 17.8 Å². The van der Waals surface area contributed by atoms with Crippen LogP contribution < -0.4 is 10.2 Å². The zero-order valence-electron chi connectivity index (χ0n) is 14.0. The summed E-state index contributed by atoms with van der Waals surface area (Å²) in [4.78, 5) is 14.6. The van der Waals surface area contributed by atoms with Crippen LogP contribution in [0.5, 0.6) is 0 Å². The molecule has 0 aromatic heterocycles. The van der Waals surface area contributed by atoms with Crippen molar-refractivity contribution in [2.45, 2.75) is 13.1 Å². The fourth-order valence-corrected chi connectivity index (χ4v) is 3.30. The van der Waals surface area contributed by atoms with Gasteiger partial charge in [0.15, 0.2) is 0 Å². The Hall–Kier alpha value is -3.21. The minimum atomic E-state index is -0.629. The van der Waals surface area contributed by atoms with Gasteiger partial charge in [-0.2, -0.15) is 0 Å². The van der Waals surface area contributed by atoms with Gasteiger partial charge in [-0.1, -0.05) is 36.4 Å². The Labute approximate surface area is 149 Å². The van der Waals surface area contributed by atoms with Gasteiger partial charge in [-0.05, 0) is 36.8 Å². The number of hydrogen-bond acceptors (Lipinski definition) is 2. The number of nitrogens with zero attached hydrogens (tertiary/aromatic N) is 1. The van der Waals surface area contributed by atoms with Crippen LogP contribution in [-0.2, 0) is 0 Å². The fourth-order valence-electron chi connectivity index (χ4n) is 3.30. The Balaban J connectivity index is 1.84. The third-order valence-corrected chi connectivity index (χ3v) is 4.56. The lowest BCUT2D eigenvalue weighted by atomic mass is 10.1. The van der Waals surface area contributed by atoms with E-state index in [1.165, 1.54) is 0 Å². The summed E-state index contributed by atoms with van der Waals surface area (Å²) in [6, 6.07) is 17.9. The molecule has 5 heteroatoms. The van der Waals surface area contributed by atoms with Crippen LogP contribution in [-0.4, -0.2) is 5.91 Å². The topological polar surface area (TPSA) is 32.3 Å². The number of anilines is 2. The van der Waals surface area contributed by atoms with Crippen LogP contribution in [0.15, 0.2) is 66.7 Å². The lowest BCUT2D eigenvalue weighted by Crippen LogP contribution is -2.33. The number of para-hydroxylation sites is 1. The van der Waals surface area contributed by atoms with Crippen molar-refractivity contribution in [2.75, 3.05) is 10.2 Å². The normalized spacial score (nSPS) is 15.9. The zero-order valence-corrected chi connectivity index (χ0v) is 14.0. The predicted octanol–water partition coefficient (Wildman–Crippen LogP) is 5.04. The number of rotatable bonds is 3. The van der Waals surface area contributed by atoms with E-state index in [-0.39, 0.29) is 11.6 Å². The van der Waals surface area contributed by atoms with E-state index in [2.05, 4.69) is 5.32 Å². The molecule has 0 aliphatic carbocycles. The molecule has 0 bridgehead atoms. The highest BCUT2D eigenvalue weighted by Gasteiger charge is 2.38. The molecule has 4 rings (SSSR count). The van der Waals surface area contributed by atoms with E-state index in [1.54, 1.807) is 17.0 Å². The van der Waals surface area contributed by atoms with E-state index in [4.69, 9.17) is 0 Å². The van der Waals surface area contributed by atoms with Crippen molar-refractivity contribution in [1.82, 2.24) is 0 Å². The van der Waals surface area contributed by atoms with Gasteiger partial charge >= 0.3 is 0 Å². The molecule has 0 saturated heterocycles. The van der Waals surface area contributed by atoms with Gasteiger partial charge in [0.05, 0.1) is 5.69 Å². The first-order chi connectivity index (χ1) is 12.6. The van der Waals surface area contributed by atoms with Crippen molar-refractivity contribution in [2.24, 2.45) is 0 Å². The molecule has 0 unspecified atom stereocenters. The maximum absolute atomic E-state index is 14.2. The Morgan fingerprint density at radius 2 is 1.69 bits per heavy atom. The largest absolute Gasteiger partial charge is 0.359 e. The molecule has 1 N–H and O–H groups in total. The van der Waals surface area contributed by atoms with Gasteiger partial charge in [-0.25, -0.2) is 8.78 Å². The van der Waals surface area contributed by atoms with Crippen LogP contribution in [0.4, 0.5) is 20.2 Å². The van der Waals surface area contributed by atoms with E-state index >= 15 is 0 Å². The quantitative estimate of drug-likeness (QED) is 0.717. The van der Waals surface area contributed by atoms with Gasteiger partial charge in [-0.15, -0.1) is 0 Å². The van der Waals surface area contributed by atoms with Gasteiger partial charge in [0, 0.05) is 22.9 Å². The van der Waals surface area contributed by atoms with Crippen molar-refractivity contribution in [3.05, 3.63) is 95.1 Å². The molecule has 130 valence electrons. The van der Waals surface area contributed by atoms with Crippen molar-refractivity contribution in [1.29, 1.82) is 0 Å². The van der Waals surface area contributed by atoms with Crippen molar-refractivity contribution in [3.63, 3.8) is 0 Å². The molecule has 3 aromatic carbocycles. The number of hydrogen-bond donors (Lipinski definition) is 1. The van der Waals surface area contributed by atoms with Crippen molar-refractivity contribution < 1.29 is 13.6 Å². The Morgan fingerprint density at radius 3 is 2.50 bits per heavy atom. The zero-order chi connectivity index (χ0) is 18.3. The number of fused-ring (bicyclic) bond motifs is 1. The molecule has 0 spiro atoms. The second-order valence-corrected chi connectivity index (χ2v) is 6.22. The summed E-state index contributed by atoms with van der Waals surface area (Å²) >= 11 is 0. The standard InChI is InChI=1S/C21H16F2N2O/c1-13-6-2-5-9-19(13)25-20(15-7-3-4-8-16(15)21(25)26)24-18-12-14(22)10-11-17(18)23/h2-12,20,24H,1H3/t20-/m0/s1. The Morgan fingerprint density at radius 1 is 0.962 bits per heavy atom. The molecule has 0 radical (unpaired) electrons. The molecule has 26 heavy (non-hydrogen) atoms. The van der Waals surface area contributed by atoms with Gasteiger partial charge in [0.1, 0.15) is 17.8 Å². The number of amides is 1. The summed E-state index contributed by atoms with van der Waals surface area (Å²) in [5.74, 6) is -1.30. The van der Waals surface area contributed by atoms with Gasteiger partial charge < -0.3 is 5.32 Å². The summed E-state index contributed by atoms with van der Waals surface area (Å²) in [6.45, 7) is 1.91. The number of nitrogens with one attached hydrogen (secondary N) is 1. The SMILES string of the molecule is Cc1ccccc1N1C(=O)c2ccccc2[C@H]1Nc1cc(F)ccc1F. The van der Waals surface area contributed by atoms with Crippen LogP contribution in [0, 0.1) is 18.6 Å². The summed E-state index contributed by atoms with van der Waals surface area (Å²) in [5, 5.41) is 3.00. The molecule has 0 saturated carbocycles. The first-order valence-electron chi connectivity index (χ1n) is 8.26. The summed E-state index contributed by atoms with van der Waals surface area (Å²) in [5.41, 5.74) is 2.93. The molecule has 1 atom stereocenters. The van der Waals surface area contributed by atoms with Crippen molar-refractivity contribution in [3.8, 4) is 0 Å². The smallest absolute Gasteiger partial charge is 0.260 e. The minimum Gasteiger partial charge on any atom is -0.359 e. The summed E-state index contributed by atoms with van der Waals surface area (Å²) < 4.78 is 27.8. The maximum Gasteiger partial charge on any atom is 0.260 e. The number of carbonyl (C=O) groups is 1. The van der Waals surface area contributed by atoms with Crippen molar-refractivity contribution >= 4 is 17.3 Å². The van der Waals surface area contributed by atoms with E-state index in [0.29, 0.717) is 5.56 Å². The van der Waals surface area contributed by atoms with E-state index in [1.807, 2.05) is 43.3 Å². The fraction of sp³-hybridized carbons (Fsp3) is 0.0952. The van der Waals surface area contributed by atoms with E-state index in [9.17, 15) is 13.6 Å². The first-order valence-corrected chi connectivity index (χ1v) is 8.26. The number of halogens is 2. The molecule has 1 amide bonds. The maximum atomic E-state index is 14.2. The number of aryl methyl sites for hydroxylation is 1. The lowest BCUT2D eigenvalue weighted by Gasteiger charge is -2.28. The van der Waals surface area contributed by atoms with E-state index in [0.717, 1.165) is 35.0 Å². The number of benzene rings is 3. The molecule has 0 fully saturated rings. The third kappa shape index (κ3) is 2.62. The predicted molar refractivity (Wildman–Crippen MR) is 97.2 cm³/mol. The molecule has 3 aromatic rings. The lowest BCUT2D eigenvalue weighted by molar-refractivity contribution is 0.0992.